The third-order valence-electron chi connectivity index (χ3n) is 3.83. The molecule has 1 aromatic rings. The number of ether oxygens (including phenoxy) is 2. The summed E-state index contributed by atoms with van der Waals surface area (Å²) in [5.74, 6) is 2.11. The lowest BCUT2D eigenvalue weighted by molar-refractivity contribution is -0.122. The van der Waals surface area contributed by atoms with E-state index in [0.29, 0.717) is 18.9 Å². The van der Waals surface area contributed by atoms with Gasteiger partial charge in [0.15, 0.2) is 0 Å². The van der Waals surface area contributed by atoms with Crippen LogP contribution >= 0.6 is 12.4 Å². The molecule has 1 heterocycles. The minimum absolute atomic E-state index is 0. The molecule has 1 fully saturated rings. The van der Waals surface area contributed by atoms with Gasteiger partial charge >= 0.3 is 0 Å². The van der Waals surface area contributed by atoms with Crippen LogP contribution in [0, 0.1) is 5.92 Å². The van der Waals surface area contributed by atoms with E-state index in [9.17, 15) is 4.79 Å². The molecule has 1 amide bonds. The summed E-state index contributed by atoms with van der Waals surface area (Å²) in [4.78, 5) is 11.9. The Balaban J connectivity index is 0.00000242. The SMILES string of the molecule is COc1ccc(OCCC(=O)NC2CNCCC2C)cc1.Cl. The molecule has 0 spiro atoms. The molecule has 0 aromatic heterocycles. The number of rotatable bonds is 6. The van der Waals surface area contributed by atoms with Crippen LogP contribution in [-0.2, 0) is 4.79 Å². The third-order valence-corrected chi connectivity index (χ3v) is 3.83. The zero-order valence-electron chi connectivity index (χ0n) is 13.1. The Hall–Kier alpha value is -1.46. The average molecular weight is 329 g/mol. The molecule has 0 saturated carbocycles. The summed E-state index contributed by atoms with van der Waals surface area (Å²) < 4.78 is 10.6. The number of halogens is 1. The van der Waals surface area contributed by atoms with Gasteiger partial charge in [-0.25, -0.2) is 0 Å². The van der Waals surface area contributed by atoms with Crippen LogP contribution in [0.25, 0.3) is 0 Å². The van der Waals surface area contributed by atoms with Gasteiger partial charge in [0.05, 0.1) is 20.1 Å². The van der Waals surface area contributed by atoms with Gasteiger partial charge in [-0.05, 0) is 43.1 Å². The molecule has 22 heavy (non-hydrogen) atoms. The Morgan fingerprint density at radius 3 is 2.64 bits per heavy atom. The topological polar surface area (TPSA) is 59.6 Å². The van der Waals surface area contributed by atoms with E-state index in [1.165, 1.54) is 0 Å². The van der Waals surface area contributed by atoms with E-state index in [1.54, 1.807) is 7.11 Å². The van der Waals surface area contributed by atoms with Crippen molar-refractivity contribution in [3.8, 4) is 11.5 Å². The number of carbonyl (C=O) groups excluding carboxylic acids is 1. The normalized spacial score (nSPS) is 20.6. The minimum Gasteiger partial charge on any atom is -0.497 e. The van der Waals surface area contributed by atoms with Gasteiger partial charge in [0.25, 0.3) is 0 Å². The highest BCUT2D eigenvalue weighted by atomic mass is 35.5. The highest BCUT2D eigenvalue weighted by molar-refractivity contribution is 5.85. The van der Waals surface area contributed by atoms with Gasteiger partial charge < -0.3 is 20.1 Å². The molecule has 1 aliphatic rings. The largest absolute Gasteiger partial charge is 0.497 e. The van der Waals surface area contributed by atoms with Crippen molar-refractivity contribution in [2.24, 2.45) is 5.92 Å². The van der Waals surface area contributed by atoms with E-state index in [4.69, 9.17) is 9.47 Å². The summed E-state index contributed by atoms with van der Waals surface area (Å²) >= 11 is 0. The third kappa shape index (κ3) is 5.73. The van der Waals surface area contributed by atoms with Crippen molar-refractivity contribution in [1.29, 1.82) is 0 Å². The number of methoxy groups -OCH3 is 1. The maximum absolute atomic E-state index is 11.9. The van der Waals surface area contributed by atoms with Crippen LogP contribution in [0.4, 0.5) is 0 Å². The first-order valence-corrected chi connectivity index (χ1v) is 7.46. The zero-order chi connectivity index (χ0) is 15.1. The summed E-state index contributed by atoms with van der Waals surface area (Å²) in [6.07, 6.45) is 1.47. The van der Waals surface area contributed by atoms with Crippen LogP contribution < -0.4 is 20.1 Å². The van der Waals surface area contributed by atoms with Gasteiger partial charge in [-0.15, -0.1) is 12.4 Å². The summed E-state index contributed by atoms with van der Waals surface area (Å²) in [6, 6.07) is 7.58. The summed E-state index contributed by atoms with van der Waals surface area (Å²) in [5, 5.41) is 6.38. The van der Waals surface area contributed by atoms with Crippen LogP contribution in [0.1, 0.15) is 19.8 Å². The number of hydrogen-bond donors (Lipinski definition) is 2. The van der Waals surface area contributed by atoms with Crippen molar-refractivity contribution in [1.82, 2.24) is 10.6 Å². The molecule has 0 aliphatic carbocycles. The highest BCUT2D eigenvalue weighted by Gasteiger charge is 2.22. The Morgan fingerprint density at radius 2 is 2.00 bits per heavy atom. The molecule has 2 unspecified atom stereocenters. The molecule has 5 nitrogen and oxygen atoms in total. The van der Waals surface area contributed by atoms with Crippen molar-refractivity contribution in [3.63, 3.8) is 0 Å². The van der Waals surface area contributed by atoms with E-state index in [-0.39, 0.29) is 24.4 Å². The smallest absolute Gasteiger partial charge is 0.223 e. The first-order valence-electron chi connectivity index (χ1n) is 7.46. The summed E-state index contributed by atoms with van der Waals surface area (Å²) in [6.45, 7) is 4.45. The van der Waals surface area contributed by atoms with E-state index in [0.717, 1.165) is 31.0 Å². The molecule has 1 aliphatic heterocycles. The predicted octanol–water partition coefficient (Wildman–Crippen LogP) is 2.00. The lowest BCUT2D eigenvalue weighted by Gasteiger charge is -2.30. The average Bonchev–Trinajstić information content (AvgIpc) is 2.50. The molecule has 0 bridgehead atoms. The quantitative estimate of drug-likeness (QED) is 0.838. The molecule has 1 saturated heterocycles. The number of nitrogens with one attached hydrogen (secondary N) is 2. The van der Waals surface area contributed by atoms with Crippen molar-refractivity contribution >= 4 is 18.3 Å². The highest BCUT2D eigenvalue weighted by Crippen LogP contribution is 2.17. The van der Waals surface area contributed by atoms with Crippen LogP contribution in [-0.4, -0.2) is 38.8 Å². The number of benzene rings is 1. The van der Waals surface area contributed by atoms with E-state index < -0.39 is 0 Å². The van der Waals surface area contributed by atoms with Gasteiger partial charge in [-0.1, -0.05) is 6.92 Å². The maximum atomic E-state index is 11.9. The summed E-state index contributed by atoms with van der Waals surface area (Å²) in [7, 11) is 1.63. The van der Waals surface area contributed by atoms with E-state index >= 15 is 0 Å². The van der Waals surface area contributed by atoms with E-state index in [1.807, 2.05) is 24.3 Å². The van der Waals surface area contributed by atoms with E-state index in [2.05, 4.69) is 17.6 Å². The van der Waals surface area contributed by atoms with Crippen LogP contribution in [0.5, 0.6) is 11.5 Å². The Bertz CT molecular complexity index is 453. The second kappa shape index (κ2) is 9.54. The number of carbonyl (C=O) groups is 1. The number of hydrogen-bond acceptors (Lipinski definition) is 4. The minimum atomic E-state index is 0. The molecule has 124 valence electrons. The summed E-state index contributed by atoms with van der Waals surface area (Å²) in [5.41, 5.74) is 0. The fraction of sp³-hybridized carbons (Fsp3) is 0.562. The molecule has 6 heteroatoms. The van der Waals surface area contributed by atoms with Crippen molar-refractivity contribution < 1.29 is 14.3 Å². The maximum Gasteiger partial charge on any atom is 0.223 e. The lowest BCUT2D eigenvalue weighted by atomic mass is 9.95. The fourth-order valence-corrected chi connectivity index (χ4v) is 2.40. The number of amides is 1. The Morgan fingerprint density at radius 1 is 1.32 bits per heavy atom. The molecule has 2 atom stereocenters. The predicted molar refractivity (Wildman–Crippen MR) is 88.9 cm³/mol. The van der Waals surface area contributed by atoms with Gasteiger partial charge in [0, 0.05) is 12.6 Å². The first-order chi connectivity index (χ1) is 10.2. The van der Waals surface area contributed by atoms with Gasteiger partial charge in [-0.2, -0.15) is 0 Å². The molecule has 0 radical (unpaired) electrons. The second-order valence-electron chi connectivity index (χ2n) is 5.42. The first kappa shape index (κ1) is 18.6. The monoisotopic (exact) mass is 328 g/mol. The molecule has 2 N–H and O–H groups in total. The van der Waals surface area contributed by atoms with Crippen LogP contribution in [0.15, 0.2) is 24.3 Å². The molecular weight excluding hydrogens is 304 g/mol. The van der Waals surface area contributed by atoms with Crippen LogP contribution in [0.3, 0.4) is 0 Å². The molecular formula is C16H25ClN2O3. The standard InChI is InChI=1S/C16H24N2O3.ClH/c1-12-7-9-17-11-15(12)18-16(19)8-10-21-14-5-3-13(20-2)4-6-14;/h3-6,12,15,17H,7-11H2,1-2H3,(H,18,19);1H. The molecule has 2 rings (SSSR count). The number of piperidine rings is 1. The van der Waals surface area contributed by atoms with Crippen molar-refractivity contribution in [3.05, 3.63) is 24.3 Å². The lowest BCUT2D eigenvalue weighted by Crippen LogP contribution is -2.50. The van der Waals surface area contributed by atoms with Crippen molar-refractivity contribution in [2.75, 3.05) is 26.8 Å². The Kier molecular flexibility index (Phi) is 8.06. The fourth-order valence-electron chi connectivity index (χ4n) is 2.40. The van der Waals surface area contributed by atoms with Gasteiger partial charge in [0.2, 0.25) is 5.91 Å². The van der Waals surface area contributed by atoms with Gasteiger partial charge in [-0.3, -0.25) is 4.79 Å². The van der Waals surface area contributed by atoms with Gasteiger partial charge in [0.1, 0.15) is 11.5 Å². The molecule has 1 aromatic carbocycles. The second-order valence-corrected chi connectivity index (χ2v) is 5.42. The van der Waals surface area contributed by atoms with Crippen molar-refractivity contribution in [2.45, 2.75) is 25.8 Å². The Labute approximate surface area is 138 Å². The van der Waals surface area contributed by atoms with Crippen LogP contribution in [0.2, 0.25) is 0 Å². The zero-order valence-corrected chi connectivity index (χ0v) is 13.9.